The molecule has 0 saturated heterocycles. The molecule has 1 heterocycles. The summed E-state index contributed by atoms with van der Waals surface area (Å²) in [7, 11) is 1.57. The van der Waals surface area contributed by atoms with Crippen LogP contribution in [-0.4, -0.2) is 18.8 Å². The van der Waals surface area contributed by atoms with Crippen LogP contribution in [0, 0.1) is 6.92 Å². The van der Waals surface area contributed by atoms with E-state index in [4.69, 9.17) is 15.0 Å². The Labute approximate surface area is 65.3 Å². The van der Waals surface area contributed by atoms with Crippen LogP contribution in [0.4, 0.5) is 0 Å². The van der Waals surface area contributed by atoms with E-state index >= 15 is 0 Å². The van der Waals surface area contributed by atoms with Gasteiger partial charge in [-0.3, -0.25) is 0 Å². The molecule has 0 unspecified atom stereocenters. The molecular weight excluding hydrogens is 144 g/mol. The van der Waals surface area contributed by atoms with Crippen molar-refractivity contribution in [3.8, 4) is 5.88 Å². The van der Waals surface area contributed by atoms with E-state index in [1.165, 1.54) is 0 Å². The molecule has 1 aromatic heterocycles. The standard InChI is InChI=1S/C7H12N2O2/c1-5-6(3-4-8)11-9-7(5)10-2/h3-4,8H2,1-2H3. The maximum atomic E-state index is 5.35. The number of hydrogen-bond acceptors (Lipinski definition) is 4. The molecule has 4 heteroatoms. The molecule has 0 atom stereocenters. The topological polar surface area (TPSA) is 61.3 Å². The highest BCUT2D eigenvalue weighted by atomic mass is 16.5. The summed E-state index contributed by atoms with van der Waals surface area (Å²) in [6.07, 6.45) is 0.711. The third-order valence-electron chi connectivity index (χ3n) is 1.54. The van der Waals surface area contributed by atoms with Gasteiger partial charge in [-0.05, 0) is 18.6 Å². The third kappa shape index (κ3) is 1.51. The van der Waals surface area contributed by atoms with E-state index in [0.29, 0.717) is 18.8 Å². The lowest BCUT2D eigenvalue weighted by molar-refractivity contribution is 0.327. The molecule has 0 radical (unpaired) electrons. The number of rotatable bonds is 3. The summed E-state index contributed by atoms with van der Waals surface area (Å²) in [6, 6.07) is 0. The third-order valence-corrected chi connectivity index (χ3v) is 1.54. The maximum absolute atomic E-state index is 5.35. The van der Waals surface area contributed by atoms with E-state index in [2.05, 4.69) is 5.16 Å². The second-order valence-corrected chi connectivity index (χ2v) is 2.28. The molecule has 0 aliphatic rings. The number of nitrogens with two attached hydrogens (primary N) is 1. The van der Waals surface area contributed by atoms with E-state index in [-0.39, 0.29) is 0 Å². The lowest BCUT2D eigenvalue weighted by Crippen LogP contribution is -2.02. The fourth-order valence-electron chi connectivity index (χ4n) is 0.907. The van der Waals surface area contributed by atoms with E-state index in [0.717, 1.165) is 11.3 Å². The molecule has 0 aliphatic heterocycles. The van der Waals surface area contributed by atoms with Crippen LogP contribution in [0.1, 0.15) is 11.3 Å². The van der Waals surface area contributed by atoms with Crippen LogP contribution in [0.2, 0.25) is 0 Å². The minimum absolute atomic E-state index is 0.549. The Balaban J connectivity index is 2.82. The van der Waals surface area contributed by atoms with Gasteiger partial charge >= 0.3 is 0 Å². The van der Waals surface area contributed by atoms with Gasteiger partial charge in [0, 0.05) is 6.42 Å². The molecule has 0 amide bonds. The van der Waals surface area contributed by atoms with Crippen molar-refractivity contribution in [3.63, 3.8) is 0 Å². The van der Waals surface area contributed by atoms with Crippen LogP contribution in [0.3, 0.4) is 0 Å². The molecule has 0 spiro atoms. The first-order valence-corrected chi connectivity index (χ1v) is 3.48. The molecule has 11 heavy (non-hydrogen) atoms. The van der Waals surface area contributed by atoms with E-state index < -0.39 is 0 Å². The van der Waals surface area contributed by atoms with Gasteiger partial charge in [-0.15, -0.1) is 0 Å². The Hall–Kier alpha value is -1.03. The fraction of sp³-hybridized carbons (Fsp3) is 0.571. The van der Waals surface area contributed by atoms with Crippen molar-refractivity contribution < 1.29 is 9.26 Å². The summed E-state index contributed by atoms with van der Waals surface area (Å²) in [6.45, 7) is 2.47. The van der Waals surface area contributed by atoms with Crippen LogP contribution in [0.5, 0.6) is 5.88 Å². The minimum atomic E-state index is 0.549. The zero-order valence-corrected chi connectivity index (χ0v) is 6.76. The molecule has 2 N–H and O–H groups in total. The molecule has 4 nitrogen and oxygen atoms in total. The van der Waals surface area contributed by atoms with Crippen LogP contribution < -0.4 is 10.5 Å². The van der Waals surface area contributed by atoms with Gasteiger partial charge in [0.1, 0.15) is 5.76 Å². The first-order valence-electron chi connectivity index (χ1n) is 3.48. The van der Waals surface area contributed by atoms with Crippen molar-refractivity contribution in [1.29, 1.82) is 0 Å². The number of ether oxygens (including phenoxy) is 1. The average Bonchev–Trinajstić information content (AvgIpc) is 2.34. The molecule has 0 bridgehead atoms. The monoisotopic (exact) mass is 156 g/mol. The van der Waals surface area contributed by atoms with E-state index in [9.17, 15) is 0 Å². The largest absolute Gasteiger partial charge is 0.479 e. The molecule has 0 saturated carbocycles. The molecule has 0 aromatic carbocycles. The fourth-order valence-corrected chi connectivity index (χ4v) is 0.907. The first kappa shape index (κ1) is 8.07. The predicted octanol–water partition coefficient (Wildman–Crippen LogP) is 0.493. The summed E-state index contributed by atoms with van der Waals surface area (Å²) >= 11 is 0. The first-order chi connectivity index (χ1) is 5.29. The van der Waals surface area contributed by atoms with Crippen molar-refractivity contribution in [1.82, 2.24) is 5.16 Å². The Morgan fingerprint density at radius 1 is 1.64 bits per heavy atom. The molecule has 0 aliphatic carbocycles. The number of aromatic nitrogens is 1. The van der Waals surface area contributed by atoms with Gasteiger partial charge in [0.25, 0.3) is 5.88 Å². The van der Waals surface area contributed by atoms with Crippen LogP contribution in [0.25, 0.3) is 0 Å². The van der Waals surface area contributed by atoms with Gasteiger partial charge in [0.15, 0.2) is 0 Å². The lowest BCUT2D eigenvalue weighted by atomic mass is 10.2. The quantitative estimate of drug-likeness (QED) is 0.692. The zero-order chi connectivity index (χ0) is 8.27. The van der Waals surface area contributed by atoms with Gasteiger partial charge in [-0.1, -0.05) is 0 Å². The van der Waals surface area contributed by atoms with E-state index in [1.807, 2.05) is 6.92 Å². The SMILES string of the molecule is COc1noc(CCN)c1C. The number of methoxy groups -OCH3 is 1. The number of hydrogen-bond donors (Lipinski definition) is 1. The summed E-state index contributed by atoms with van der Waals surface area (Å²) in [5, 5.41) is 3.70. The Morgan fingerprint density at radius 2 is 2.36 bits per heavy atom. The van der Waals surface area contributed by atoms with Crippen molar-refractivity contribution in [2.24, 2.45) is 5.73 Å². The Bertz CT molecular complexity index is 232. The summed E-state index contributed by atoms with van der Waals surface area (Å²) < 4.78 is 9.90. The van der Waals surface area contributed by atoms with Crippen LogP contribution in [-0.2, 0) is 6.42 Å². The van der Waals surface area contributed by atoms with Gasteiger partial charge in [0.2, 0.25) is 0 Å². The van der Waals surface area contributed by atoms with Crippen molar-refractivity contribution in [2.45, 2.75) is 13.3 Å². The highest BCUT2D eigenvalue weighted by molar-refractivity contribution is 5.26. The molecular formula is C7H12N2O2. The van der Waals surface area contributed by atoms with Crippen molar-refractivity contribution in [3.05, 3.63) is 11.3 Å². The Morgan fingerprint density at radius 3 is 2.82 bits per heavy atom. The van der Waals surface area contributed by atoms with Gasteiger partial charge in [-0.25, -0.2) is 0 Å². The van der Waals surface area contributed by atoms with Gasteiger partial charge in [0.05, 0.1) is 12.7 Å². The molecule has 62 valence electrons. The molecule has 1 aromatic rings. The Kier molecular flexibility index (Phi) is 2.48. The smallest absolute Gasteiger partial charge is 0.257 e. The minimum Gasteiger partial charge on any atom is -0.479 e. The summed E-state index contributed by atoms with van der Waals surface area (Å²) in [5.41, 5.74) is 6.29. The average molecular weight is 156 g/mol. The van der Waals surface area contributed by atoms with Crippen molar-refractivity contribution in [2.75, 3.05) is 13.7 Å². The maximum Gasteiger partial charge on any atom is 0.257 e. The second-order valence-electron chi connectivity index (χ2n) is 2.28. The highest BCUT2D eigenvalue weighted by Gasteiger charge is 2.10. The predicted molar refractivity (Wildman–Crippen MR) is 40.6 cm³/mol. The summed E-state index contributed by atoms with van der Waals surface area (Å²) in [4.78, 5) is 0. The number of nitrogens with zero attached hydrogens (tertiary/aromatic N) is 1. The normalized spacial score (nSPS) is 10.1. The summed E-state index contributed by atoms with van der Waals surface area (Å²) in [5.74, 6) is 1.36. The highest BCUT2D eigenvalue weighted by Crippen LogP contribution is 2.19. The zero-order valence-electron chi connectivity index (χ0n) is 6.76. The molecule has 0 fully saturated rings. The second kappa shape index (κ2) is 3.39. The van der Waals surface area contributed by atoms with Crippen LogP contribution >= 0.6 is 0 Å². The van der Waals surface area contributed by atoms with Crippen molar-refractivity contribution >= 4 is 0 Å². The lowest BCUT2D eigenvalue weighted by Gasteiger charge is -1.93. The van der Waals surface area contributed by atoms with E-state index in [1.54, 1.807) is 7.11 Å². The van der Waals surface area contributed by atoms with Gasteiger partial charge < -0.3 is 15.0 Å². The molecule has 1 rings (SSSR count). The van der Waals surface area contributed by atoms with Crippen LogP contribution in [0.15, 0.2) is 4.52 Å². The van der Waals surface area contributed by atoms with Gasteiger partial charge in [-0.2, -0.15) is 0 Å².